The fraction of sp³-hybridized carbons (Fsp3) is 0.143. The predicted molar refractivity (Wildman–Crippen MR) is 106 cm³/mol. The minimum absolute atomic E-state index is 0.0826. The molecular weight excluding hydrogens is 426 g/mol. The second-order valence-electron chi connectivity index (χ2n) is 5.85. The molecule has 0 saturated heterocycles. The zero-order valence-corrected chi connectivity index (χ0v) is 16.6. The van der Waals surface area contributed by atoms with Crippen LogP contribution in [0, 0.1) is 0 Å². The molecule has 0 fully saturated rings. The maximum Gasteiger partial charge on any atom is 0.333 e. The number of halogens is 1. The molecule has 3 aromatic rings. The average molecular weight is 444 g/mol. The molecule has 7 heteroatoms. The molecule has 0 aliphatic rings. The molecule has 1 atom stereocenters. The lowest BCUT2D eigenvalue weighted by molar-refractivity contribution is -0.143. The maximum atomic E-state index is 12.5. The van der Waals surface area contributed by atoms with Crippen LogP contribution in [0.2, 0.25) is 0 Å². The summed E-state index contributed by atoms with van der Waals surface area (Å²) in [6, 6.07) is 18.5. The molecule has 0 aliphatic heterocycles. The molecule has 6 nitrogen and oxygen atoms in total. The average Bonchev–Trinajstić information content (AvgIpc) is 3.21. The number of rotatable bonds is 7. The Hall–Kier alpha value is -3.06. The first-order valence-corrected chi connectivity index (χ1v) is 9.27. The first-order chi connectivity index (χ1) is 13.6. The summed E-state index contributed by atoms with van der Waals surface area (Å²) in [5.41, 5.74) is 0.619. The lowest BCUT2D eigenvalue weighted by atomic mass is 10.1. The van der Waals surface area contributed by atoms with Crippen molar-refractivity contribution in [2.24, 2.45) is 0 Å². The summed E-state index contributed by atoms with van der Waals surface area (Å²) >= 11 is 3.36. The normalized spacial score (nSPS) is 11.5. The molecule has 0 radical (unpaired) electrons. The zero-order chi connectivity index (χ0) is 19.9. The second kappa shape index (κ2) is 9.23. The molecule has 1 aromatic heterocycles. The maximum absolute atomic E-state index is 12.5. The fourth-order valence-corrected chi connectivity index (χ4v) is 2.77. The van der Waals surface area contributed by atoms with Crippen LogP contribution in [0.5, 0.6) is 5.75 Å². The Morgan fingerprint density at radius 3 is 2.43 bits per heavy atom. The lowest BCUT2D eigenvalue weighted by Gasteiger charge is -2.16. The number of furan rings is 1. The molecule has 0 aliphatic carbocycles. The highest BCUT2D eigenvalue weighted by atomic mass is 79.9. The monoisotopic (exact) mass is 443 g/mol. The summed E-state index contributed by atoms with van der Waals surface area (Å²) in [5, 5.41) is 2.64. The van der Waals surface area contributed by atoms with Crippen LogP contribution in [0.25, 0.3) is 0 Å². The van der Waals surface area contributed by atoms with Gasteiger partial charge in [-0.05, 0) is 42.0 Å². The molecule has 0 bridgehead atoms. The van der Waals surface area contributed by atoms with Crippen molar-refractivity contribution in [2.45, 2.75) is 12.6 Å². The Bertz CT molecular complexity index is 937. The van der Waals surface area contributed by atoms with Gasteiger partial charge in [-0.15, -0.1) is 0 Å². The summed E-state index contributed by atoms with van der Waals surface area (Å²) in [4.78, 5) is 24.6. The van der Waals surface area contributed by atoms with Gasteiger partial charge in [0, 0.05) is 4.47 Å². The summed E-state index contributed by atoms with van der Waals surface area (Å²) in [7, 11) is 1.27. The van der Waals surface area contributed by atoms with E-state index in [1.807, 2.05) is 30.3 Å². The Kier molecular flexibility index (Phi) is 6.49. The number of carbonyl (C=O) groups excluding carboxylic acids is 2. The number of carbonyl (C=O) groups is 2. The van der Waals surface area contributed by atoms with Gasteiger partial charge < -0.3 is 19.2 Å². The summed E-state index contributed by atoms with van der Waals surface area (Å²) in [6.45, 7) is 0.175. The highest BCUT2D eigenvalue weighted by molar-refractivity contribution is 9.10. The van der Waals surface area contributed by atoms with E-state index in [-0.39, 0.29) is 12.4 Å². The van der Waals surface area contributed by atoms with Gasteiger partial charge in [-0.25, -0.2) is 4.79 Å². The van der Waals surface area contributed by atoms with Gasteiger partial charge in [0.05, 0.1) is 7.11 Å². The molecule has 1 N–H and O–H groups in total. The Morgan fingerprint density at radius 2 is 1.75 bits per heavy atom. The van der Waals surface area contributed by atoms with Crippen LogP contribution in [0.1, 0.15) is 27.9 Å². The van der Waals surface area contributed by atoms with Crippen molar-refractivity contribution in [3.63, 3.8) is 0 Å². The van der Waals surface area contributed by atoms with Gasteiger partial charge in [-0.2, -0.15) is 0 Å². The molecule has 0 saturated carbocycles. The van der Waals surface area contributed by atoms with Gasteiger partial charge >= 0.3 is 5.97 Å². The van der Waals surface area contributed by atoms with Crippen LogP contribution < -0.4 is 10.1 Å². The molecule has 2 aromatic carbocycles. The van der Waals surface area contributed by atoms with Gasteiger partial charge in [0.1, 0.15) is 18.1 Å². The Labute approximate surface area is 170 Å². The van der Waals surface area contributed by atoms with Gasteiger partial charge in [0.25, 0.3) is 5.91 Å². The quantitative estimate of drug-likeness (QED) is 0.551. The highest BCUT2D eigenvalue weighted by Crippen LogP contribution is 2.19. The van der Waals surface area contributed by atoms with Crippen LogP contribution in [-0.4, -0.2) is 19.0 Å². The van der Waals surface area contributed by atoms with E-state index < -0.39 is 17.9 Å². The van der Waals surface area contributed by atoms with Gasteiger partial charge in [-0.3, -0.25) is 4.79 Å². The third kappa shape index (κ3) is 5.01. The minimum atomic E-state index is -0.925. The predicted octanol–water partition coefficient (Wildman–Crippen LogP) is 4.27. The van der Waals surface area contributed by atoms with Crippen LogP contribution in [-0.2, 0) is 16.1 Å². The van der Waals surface area contributed by atoms with Gasteiger partial charge in [0.2, 0.25) is 0 Å². The molecule has 3 rings (SSSR count). The van der Waals surface area contributed by atoms with Crippen LogP contribution in [0.4, 0.5) is 0 Å². The Morgan fingerprint density at radius 1 is 1.04 bits per heavy atom. The van der Waals surface area contributed by atoms with Gasteiger partial charge in [-0.1, -0.05) is 46.3 Å². The van der Waals surface area contributed by atoms with Crippen molar-refractivity contribution < 1.29 is 23.5 Å². The third-order valence-corrected chi connectivity index (χ3v) is 4.45. The van der Waals surface area contributed by atoms with Crippen molar-refractivity contribution in [3.8, 4) is 5.75 Å². The van der Waals surface area contributed by atoms with E-state index in [1.54, 1.807) is 30.3 Å². The number of methoxy groups -OCH3 is 1. The van der Waals surface area contributed by atoms with Crippen molar-refractivity contribution in [1.29, 1.82) is 0 Å². The van der Waals surface area contributed by atoms with Crippen LogP contribution in [0.15, 0.2) is 75.6 Å². The number of amides is 1. The second-order valence-corrected chi connectivity index (χ2v) is 6.76. The molecule has 1 amide bonds. The number of benzene rings is 2. The van der Waals surface area contributed by atoms with E-state index in [4.69, 9.17) is 13.9 Å². The van der Waals surface area contributed by atoms with Crippen molar-refractivity contribution in [1.82, 2.24) is 5.32 Å². The van der Waals surface area contributed by atoms with E-state index in [2.05, 4.69) is 21.2 Å². The number of nitrogens with one attached hydrogen (secondary N) is 1. The largest absolute Gasteiger partial charge is 0.486 e. The SMILES string of the molecule is COC(=O)C(NC(=O)c1ccc(COc2ccc(Br)cc2)o1)c1ccccc1. The molecule has 1 unspecified atom stereocenters. The van der Waals surface area contributed by atoms with E-state index in [9.17, 15) is 9.59 Å². The molecule has 0 spiro atoms. The van der Waals surface area contributed by atoms with Crippen LogP contribution in [0.3, 0.4) is 0 Å². The molecule has 28 heavy (non-hydrogen) atoms. The van der Waals surface area contributed by atoms with E-state index in [0.29, 0.717) is 17.1 Å². The molecule has 1 heterocycles. The molecule has 144 valence electrons. The van der Waals surface area contributed by atoms with Crippen molar-refractivity contribution in [3.05, 3.63) is 88.3 Å². The minimum Gasteiger partial charge on any atom is -0.486 e. The lowest BCUT2D eigenvalue weighted by Crippen LogP contribution is -2.34. The number of ether oxygens (including phenoxy) is 2. The number of esters is 1. The van der Waals surface area contributed by atoms with Gasteiger partial charge in [0.15, 0.2) is 11.8 Å². The van der Waals surface area contributed by atoms with E-state index in [1.165, 1.54) is 13.2 Å². The first-order valence-electron chi connectivity index (χ1n) is 8.47. The fourth-order valence-electron chi connectivity index (χ4n) is 2.51. The topological polar surface area (TPSA) is 77.8 Å². The van der Waals surface area contributed by atoms with E-state index >= 15 is 0 Å². The summed E-state index contributed by atoms with van der Waals surface area (Å²) in [5.74, 6) is 0.168. The molecular formula is C21H18BrNO5. The third-order valence-electron chi connectivity index (χ3n) is 3.93. The first kappa shape index (κ1) is 19.7. The van der Waals surface area contributed by atoms with Crippen molar-refractivity contribution >= 4 is 27.8 Å². The Balaban J connectivity index is 1.65. The summed E-state index contributed by atoms with van der Waals surface area (Å²) in [6.07, 6.45) is 0. The number of hydrogen-bond donors (Lipinski definition) is 1. The van der Waals surface area contributed by atoms with Crippen molar-refractivity contribution in [2.75, 3.05) is 7.11 Å². The van der Waals surface area contributed by atoms with Crippen LogP contribution >= 0.6 is 15.9 Å². The van der Waals surface area contributed by atoms with E-state index in [0.717, 1.165) is 4.47 Å². The smallest absolute Gasteiger partial charge is 0.333 e. The summed E-state index contributed by atoms with van der Waals surface area (Å²) < 4.78 is 16.9. The standard InChI is InChI=1S/C21H18BrNO5/c1-26-21(25)19(14-5-3-2-4-6-14)23-20(24)18-12-11-17(28-18)13-27-16-9-7-15(22)8-10-16/h2-12,19H,13H2,1H3,(H,23,24). The number of hydrogen-bond acceptors (Lipinski definition) is 5. The zero-order valence-electron chi connectivity index (χ0n) is 15.1. The highest BCUT2D eigenvalue weighted by Gasteiger charge is 2.25.